The van der Waals surface area contributed by atoms with E-state index in [1.165, 1.54) is 12.1 Å². The zero-order chi connectivity index (χ0) is 16.2. The van der Waals surface area contributed by atoms with Crippen molar-refractivity contribution in [1.29, 1.82) is 0 Å². The summed E-state index contributed by atoms with van der Waals surface area (Å²) in [5.74, 6) is -0.243. The number of ether oxygens (including phenoxy) is 1. The van der Waals surface area contributed by atoms with Crippen LogP contribution in [-0.2, 0) is 0 Å². The van der Waals surface area contributed by atoms with E-state index in [4.69, 9.17) is 9.84 Å². The number of para-hydroxylation sites is 1. The molecule has 0 radical (unpaired) electrons. The number of hydrogen-bond acceptors (Lipinski definition) is 3. The lowest BCUT2D eigenvalue weighted by atomic mass is 9.93. The first kappa shape index (κ1) is 15.1. The highest BCUT2D eigenvalue weighted by Gasteiger charge is 2.21. The summed E-state index contributed by atoms with van der Waals surface area (Å²) < 4.78 is 5.61. The Morgan fingerprint density at radius 2 is 1.91 bits per heavy atom. The minimum absolute atomic E-state index is 0.106. The molecular weight excluding hydrogens is 294 g/mol. The molecule has 0 fully saturated rings. The van der Waals surface area contributed by atoms with Crippen LogP contribution in [-0.4, -0.2) is 30.1 Å². The molecule has 1 aliphatic rings. The highest BCUT2D eigenvalue weighted by Crippen LogP contribution is 2.32. The van der Waals surface area contributed by atoms with Crippen LogP contribution in [0.2, 0.25) is 0 Å². The first-order chi connectivity index (χ1) is 11.1. The highest BCUT2D eigenvalue weighted by atomic mass is 16.5. The molecule has 2 N–H and O–H groups in total. The number of carboxylic acid groups (broad SMARTS) is 1. The maximum absolute atomic E-state index is 12.2. The quantitative estimate of drug-likeness (QED) is 0.910. The van der Waals surface area contributed by atoms with E-state index in [0.717, 1.165) is 17.7 Å². The van der Waals surface area contributed by atoms with Gasteiger partial charge in [0.15, 0.2) is 0 Å². The van der Waals surface area contributed by atoms with E-state index in [9.17, 15) is 9.59 Å². The van der Waals surface area contributed by atoms with Gasteiger partial charge in [-0.1, -0.05) is 24.3 Å². The second-order valence-electron chi connectivity index (χ2n) is 5.47. The molecule has 5 nitrogen and oxygen atoms in total. The van der Waals surface area contributed by atoms with Gasteiger partial charge >= 0.3 is 5.97 Å². The maximum Gasteiger partial charge on any atom is 0.335 e. The molecule has 0 saturated carbocycles. The zero-order valence-corrected chi connectivity index (χ0v) is 12.5. The molecule has 1 aliphatic heterocycles. The van der Waals surface area contributed by atoms with Crippen LogP contribution in [0.25, 0.3) is 0 Å². The normalized spacial score (nSPS) is 16.1. The summed E-state index contributed by atoms with van der Waals surface area (Å²) in [5.41, 5.74) is 1.55. The fourth-order valence-corrected chi connectivity index (χ4v) is 2.74. The topological polar surface area (TPSA) is 75.6 Å². The molecule has 2 aromatic rings. The summed E-state index contributed by atoms with van der Waals surface area (Å²) in [4.78, 5) is 23.2. The SMILES string of the molecule is O=C(O)c1cccc(C(=O)NC[C@H]2CCOc3ccccc32)c1. The van der Waals surface area contributed by atoms with Crippen molar-refractivity contribution < 1.29 is 19.4 Å². The van der Waals surface area contributed by atoms with Gasteiger partial charge in [-0.3, -0.25) is 4.79 Å². The molecule has 118 valence electrons. The Morgan fingerprint density at radius 1 is 1.13 bits per heavy atom. The van der Waals surface area contributed by atoms with Crippen molar-refractivity contribution in [2.75, 3.05) is 13.2 Å². The molecular formula is C18H17NO4. The van der Waals surface area contributed by atoms with Crippen LogP contribution in [0.3, 0.4) is 0 Å². The van der Waals surface area contributed by atoms with Gasteiger partial charge in [0.1, 0.15) is 5.75 Å². The summed E-state index contributed by atoms with van der Waals surface area (Å²) in [5, 5.41) is 11.9. The minimum atomic E-state index is -1.04. The fourth-order valence-electron chi connectivity index (χ4n) is 2.74. The van der Waals surface area contributed by atoms with Gasteiger partial charge in [0, 0.05) is 18.0 Å². The number of amides is 1. The molecule has 0 aliphatic carbocycles. The number of carboxylic acids is 1. The lowest BCUT2D eigenvalue weighted by Crippen LogP contribution is -2.30. The number of benzene rings is 2. The Morgan fingerprint density at radius 3 is 2.74 bits per heavy atom. The van der Waals surface area contributed by atoms with Crippen LogP contribution < -0.4 is 10.1 Å². The van der Waals surface area contributed by atoms with Crippen LogP contribution in [0.5, 0.6) is 5.75 Å². The van der Waals surface area contributed by atoms with Crippen molar-refractivity contribution in [2.24, 2.45) is 0 Å². The lowest BCUT2D eigenvalue weighted by molar-refractivity contribution is 0.0697. The second-order valence-corrected chi connectivity index (χ2v) is 5.47. The molecule has 1 atom stereocenters. The van der Waals surface area contributed by atoms with Crippen molar-refractivity contribution in [2.45, 2.75) is 12.3 Å². The summed E-state index contributed by atoms with van der Waals surface area (Å²) in [6, 6.07) is 13.9. The van der Waals surface area contributed by atoms with Crippen LogP contribution >= 0.6 is 0 Å². The largest absolute Gasteiger partial charge is 0.493 e. The highest BCUT2D eigenvalue weighted by molar-refractivity contribution is 5.97. The zero-order valence-electron chi connectivity index (χ0n) is 12.5. The maximum atomic E-state index is 12.2. The van der Waals surface area contributed by atoms with Crippen LogP contribution in [0, 0.1) is 0 Å². The van der Waals surface area contributed by atoms with Crippen LogP contribution in [0.15, 0.2) is 48.5 Å². The first-order valence-corrected chi connectivity index (χ1v) is 7.48. The van der Waals surface area contributed by atoms with Gasteiger partial charge < -0.3 is 15.2 Å². The average molecular weight is 311 g/mol. The molecule has 1 amide bonds. The van der Waals surface area contributed by atoms with Gasteiger partial charge in [0.05, 0.1) is 12.2 Å². The first-order valence-electron chi connectivity index (χ1n) is 7.48. The standard InChI is InChI=1S/C18H17NO4/c20-17(12-4-3-5-13(10-12)18(21)22)19-11-14-8-9-23-16-7-2-1-6-15(14)16/h1-7,10,14H,8-9,11H2,(H,19,20)(H,21,22)/t14-/m1/s1. The van der Waals surface area contributed by atoms with E-state index in [1.54, 1.807) is 12.1 Å². The Bertz CT molecular complexity index is 741. The summed E-state index contributed by atoms with van der Waals surface area (Å²) in [6.07, 6.45) is 0.840. The molecule has 1 heterocycles. The average Bonchev–Trinajstić information content (AvgIpc) is 2.59. The van der Waals surface area contributed by atoms with Gasteiger partial charge in [-0.15, -0.1) is 0 Å². The van der Waals surface area contributed by atoms with Crippen molar-refractivity contribution in [3.63, 3.8) is 0 Å². The van der Waals surface area contributed by atoms with E-state index in [-0.39, 0.29) is 17.4 Å². The number of carbonyl (C=O) groups is 2. The third-order valence-electron chi connectivity index (χ3n) is 3.96. The molecule has 3 rings (SSSR count). The van der Waals surface area contributed by atoms with E-state index in [0.29, 0.717) is 18.7 Å². The summed E-state index contributed by atoms with van der Waals surface area (Å²) in [7, 11) is 0. The molecule has 0 unspecified atom stereocenters. The molecule has 5 heteroatoms. The predicted octanol–water partition coefficient (Wildman–Crippen LogP) is 2.68. The molecule has 2 aromatic carbocycles. The molecule has 23 heavy (non-hydrogen) atoms. The van der Waals surface area contributed by atoms with Gasteiger partial charge in [0.2, 0.25) is 0 Å². The van der Waals surface area contributed by atoms with E-state index in [2.05, 4.69) is 5.32 Å². The van der Waals surface area contributed by atoms with Gasteiger partial charge in [-0.25, -0.2) is 4.79 Å². The summed E-state index contributed by atoms with van der Waals surface area (Å²) in [6.45, 7) is 1.13. The molecule has 0 aromatic heterocycles. The van der Waals surface area contributed by atoms with E-state index >= 15 is 0 Å². The van der Waals surface area contributed by atoms with Crippen LogP contribution in [0.4, 0.5) is 0 Å². The lowest BCUT2D eigenvalue weighted by Gasteiger charge is -2.26. The fraction of sp³-hybridized carbons (Fsp3) is 0.222. The molecule has 0 spiro atoms. The van der Waals surface area contributed by atoms with E-state index < -0.39 is 5.97 Å². The molecule has 0 bridgehead atoms. The number of rotatable bonds is 4. The van der Waals surface area contributed by atoms with Crippen molar-refractivity contribution in [3.8, 4) is 5.75 Å². The third kappa shape index (κ3) is 3.34. The molecule has 0 saturated heterocycles. The monoisotopic (exact) mass is 311 g/mol. The number of carbonyl (C=O) groups excluding carboxylic acids is 1. The smallest absolute Gasteiger partial charge is 0.335 e. The third-order valence-corrected chi connectivity index (χ3v) is 3.96. The summed E-state index contributed by atoms with van der Waals surface area (Å²) >= 11 is 0. The van der Waals surface area contributed by atoms with Crippen molar-refractivity contribution in [3.05, 3.63) is 65.2 Å². The Kier molecular flexibility index (Phi) is 4.28. The van der Waals surface area contributed by atoms with Crippen LogP contribution in [0.1, 0.15) is 38.6 Å². The van der Waals surface area contributed by atoms with Gasteiger partial charge in [0.25, 0.3) is 5.91 Å². The number of fused-ring (bicyclic) bond motifs is 1. The van der Waals surface area contributed by atoms with Gasteiger partial charge in [-0.2, -0.15) is 0 Å². The number of aromatic carboxylic acids is 1. The Labute approximate surface area is 133 Å². The van der Waals surface area contributed by atoms with Gasteiger partial charge in [-0.05, 0) is 36.2 Å². The number of nitrogens with one attached hydrogen (secondary N) is 1. The Balaban J connectivity index is 1.68. The minimum Gasteiger partial charge on any atom is -0.493 e. The Hall–Kier alpha value is -2.82. The van der Waals surface area contributed by atoms with E-state index in [1.807, 2.05) is 24.3 Å². The van der Waals surface area contributed by atoms with Crippen molar-refractivity contribution >= 4 is 11.9 Å². The predicted molar refractivity (Wildman–Crippen MR) is 85.0 cm³/mol. The number of hydrogen-bond donors (Lipinski definition) is 2. The second kappa shape index (κ2) is 6.52. The van der Waals surface area contributed by atoms with Crippen molar-refractivity contribution in [1.82, 2.24) is 5.32 Å².